The Morgan fingerprint density at radius 2 is 1.81 bits per heavy atom. The van der Waals surface area contributed by atoms with E-state index in [1.165, 1.54) is 22.5 Å². The molecule has 1 N–H and O–H groups in total. The van der Waals surface area contributed by atoms with Gasteiger partial charge in [0.2, 0.25) is 0 Å². The van der Waals surface area contributed by atoms with Crippen LogP contribution in [0.15, 0.2) is 66.0 Å². The lowest BCUT2D eigenvalue weighted by atomic mass is 9.92. The highest BCUT2D eigenvalue weighted by atomic mass is 32.1. The van der Waals surface area contributed by atoms with Crippen molar-refractivity contribution in [3.05, 3.63) is 82.9 Å². The first-order chi connectivity index (χ1) is 12.8. The van der Waals surface area contributed by atoms with Gasteiger partial charge < -0.3 is 10.1 Å². The minimum absolute atomic E-state index is 0.313. The average Bonchev–Trinajstić information content (AvgIpc) is 3.16. The molecule has 0 saturated heterocycles. The number of thiazole rings is 1. The molecule has 5 heteroatoms. The Labute approximate surface area is 157 Å². The second-order valence-electron chi connectivity index (χ2n) is 5.94. The second kappa shape index (κ2) is 9.15. The van der Waals surface area contributed by atoms with E-state index in [1.807, 2.05) is 12.1 Å². The molecule has 0 fully saturated rings. The highest BCUT2D eigenvalue weighted by Crippen LogP contribution is 2.23. The first-order valence-electron chi connectivity index (χ1n) is 8.71. The number of hydrogen-bond acceptors (Lipinski definition) is 5. The van der Waals surface area contributed by atoms with Gasteiger partial charge in [-0.2, -0.15) is 0 Å². The Morgan fingerprint density at radius 1 is 1.12 bits per heavy atom. The summed E-state index contributed by atoms with van der Waals surface area (Å²) in [5, 5.41) is 5.85. The molecule has 0 spiro atoms. The van der Waals surface area contributed by atoms with Crippen molar-refractivity contribution in [3.63, 3.8) is 0 Å². The molecule has 0 aliphatic rings. The molecular weight excluding hydrogens is 344 g/mol. The van der Waals surface area contributed by atoms with Crippen LogP contribution in [0.1, 0.15) is 34.5 Å². The lowest BCUT2D eigenvalue weighted by Crippen LogP contribution is -2.15. The van der Waals surface area contributed by atoms with E-state index in [-0.39, 0.29) is 5.97 Å². The number of carbonyl (C=O) groups excluding carboxylic acids is 1. The fraction of sp³-hybridized carbons (Fsp3) is 0.238. The number of carbonyl (C=O) groups is 1. The number of benzene rings is 2. The lowest BCUT2D eigenvalue weighted by Gasteiger charge is -2.18. The highest BCUT2D eigenvalue weighted by molar-refractivity contribution is 7.13. The molecule has 3 rings (SSSR count). The summed E-state index contributed by atoms with van der Waals surface area (Å²) in [4.78, 5) is 16.1. The minimum Gasteiger partial charge on any atom is -0.461 e. The number of anilines is 1. The number of aromatic nitrogens is 1. The third-order valence-electron chi connectivity index (χ3n) is 4.08. The van der Waals surface area contributed by atoms with Crippen molar-refractivity contribution in [2.24, 2.45) is 0 Å². The summed E-state index contributed by atoms with van der Waals surface area (Å²) in [6.07, 6.45) is 0.938. The molecule has 3 aromatic rings. The van der Waals surface area contributed by atoms with Gasteiger partial charge in [0.25, 0.3) is 0 Å². The molecule has 1 aromatic heterocycles. The molecule has 4 nitrogen and oxygen atoms in total. The van der Waals surface area contributed by atoms with Gasteiger partial charge in [-0.3, -0.25) is 0 Å². The summed E-state index contributed by atoms with van der Waals surface area (Å²) < 4.78 is 4.99. The number of ether oxygens (including phenoxy) is 1. The van der Waals surface area contributed by atoms with Crippen molar-refractivity contribution in [1.82, 2.24) is 4.98 Å². The van der Waals surface area contributed by atoms with Crippen LogP contribution >= 0.6 is 11.3 Å². The van der Waals surface area contributed by atoms with E-state index in [9.17, 15) is 4.79 Å². The van der Waals surface area contributed by atoms with Gasteiger partial charge in [-0.15, -0.1) is 11.3 Å². The SMILES string of the molecule is CCOC(=O)c1csc(NCC(Cc2ccccc2)c2ccccc2)n1. The second-order valence-corrected chi connectivity index (χ2v) is 6.79. The maximum Gasteiger partial charge on any atom is 0.357 e. The fourth-order valence-electron chi connectivity index (χ4n) is 2.80. The molecule has 26 heavy (non-hydrogen) atoms. The fourth-order valence-corrected chi connectivity index (χ4v) is 3.49. The Kier molecular flexibility index (Phi) is 6.39. The van der Waals surface area contributed by atoms with Gasteiger partial charge in [-0.05, 0) is 24.5 Å². The van der Waals surface area contributed by atoms with E-state index in [1.54, 1.807) is 12.3 Å². The zero-order chi connectivity index (χ0) is 18.2. The first-order valence-corrected chi connectivity index (χ1v) is 9.59. The monoisotopic (exact) mass is 366 g/mol. The Hall–Kier alpha value is -2.66. The normalized spacial score (nSPS) is 11.7. The number of esters is 1. The van der Waals surface area contributed by atoms with Crippen molar-refractivity contribution in [2.45, 2.75) is 19.3 Å². The molecule has 1 unspecified atom stereocenters. The summed E-state index contributed by atoms with van der Waals surface area (Å²) >= 11 is 1.42. The number of rotatable bonds is 8. The maximum atomic E-state index is 11.8. The van der Waals surface area contributed by atoms with Crippen LogP contribution in [0.5, 0.6) is 0 Å². The van der Waals surface area contributed by atoms with Crippen molar-refractivity contribution >= 4 is 22.4 Å². The van der Waals surface area contributed by atoms with Gasteiger partial charge in [0, 0.05) is 17.8 Å². The average molecular weight is 366 g/mol. The van der Waals surface area contributed by atoms with Gasteiger partial charge in [0.1, 0.15) is 0 Å². The molecule has 0 saturated carbocycles. The molecule has 0 aliphatic carbocycles. The Bertz CT molecular complexity index is 818. The lowest BCUT2D eigenvalue weighted by molar-refractivity contribution is 0.0520. The van der Waals surface area contributed by atoms with Crippen LogP contribution in [0.3, 0.4) is 0 Å². The zero-order valence-electron chi connectivity index (χ0n) is 14.7. The van der Waals surface area contributed by atoms with Crippen LogP contribution in [-0.4, -0.2) is 24.1 Å². The summed E-state index contributed by atoms with van der Waals surface area (Å²) in [5.74, 6) is -0.0609. The molecule has 2 aromatic carbocycles. The minimum atomic E-state index is -0.374. The van der Waals surface area contributed by atoms with Crippen molar-refractivity contribution < 1.29 is 9.53 Å². The summed E-state index contributed by atoms with van der Waals surface area (Å²) in [6.45, 7) is 2.89. The van der Waals surface area contributed by atoms with Crippen LogP contribution in [0.4, 0.5) is 5.13 Å². The van der Waals surface area contributed by atoms with Crippen LogP contribution in [-0.2, 0) is 11.2 Å². The number of nitrogens with one attached hydrogen (secondary N) is 1. The predicted molar refractivity (Wildman–Crippen MR) is 106 cm³/mol. The molecule has 0 radical (unpaired) electrons. The van der Waals surface area contributed by atoms with Gasteiger partial charge in [-0.1, -0.05) is 60.7 Å². The maximum absolute atomic E-state index is 11.8. The van der Waals surface area contributed by atoms with Gasteiger partial charge in [-0.25, -0.2) is 9.78 Å². The highest BCUT2D eigenvalue weighted by Gasteiger charge is 2.15. The van der Waals surface area contributed by atoms with Crippen molar-refractivity contribution in [1.29, 1.82) is 0 Å². The summed E-state index contributed by atoms with van der Waals surface area (Å²) in [6, 6.07) is 20.9. The third kappa shape index (κ3) is 4.92. The van der Waals surface area contributed by atoms with Crippen LogP contribution in [0.2, 0.25) is 0 Å². The van der Waals surface area contributed by atoms with Gasteiger partial charge >= 0.3 is 5.97 Å². The van der Waals surface area contributed by atoms with E-state index in [0.29, 0.717) is 18.2 Å². The van der Waals surface area contributed by atoms with E-state index in [2.05, 4.69) is 58.8 Å². The Morgan fingerprint density at radius 3 is 2.50 bits per heavy atom. The number of hydrogen-bond donors (Lipinski definition) is 1. The van der Waals surface area contributed by atoms with Crippen molar-refractivity contribution in [2.75, 3.05) is 18.5 Å². The smallest absolute Gasteiger partial charge is 0.357 e. The predicted octanol–water partition coefficient (Wildman–Crippen LogP) is 4.76. The zero-order valence-corrected chi connectivity index (χ0v) is 15.5. The topological polar surface area (TPSA) is 51.2 Å². The Balaban J connectivity index is 1.69. The first kappa shape index (κ1) is 18.1. The summed E-state index contributed by atoms with van der Waals surface area (Å²) in [5.41, 5.74) is 2.94. The van der Waals surface area contributed by atoms with E-state index in [0.717, 1.165) is 18.1 Å². The quantitative estimate of drug-likeness (QED) is 0.584. The van der Waals surface area contributed by atoms with Gasteiger partial charge in [0.15, 0.2) is 10.8 Å². The molecular formula is C21H22N2O2S. The molecule has 0 aliphatic heterocycles. The van der Waals surface area contributed by atoms with E-state index in [4.69, 9.17) is 4.74 Å². The van der Waals surface area contributed by atoms with E-state index >= 15 is 0 Å². The third-order valence-corrected chi connectivity index (χ3v) is 4.88. The van der Waals surface area contributed by atoms with Crippen LogP contribution < -0.4 is 5.32 Å². The molecule has 0 amide bonds. The summed E-state index contributed by atoms with van der Waals surface area (Å²) in [7, 11) is 0. The molecule has 0 bridgehead atoms. The van der Waals surface area contributed by atoms with Crippen LogP contribution in [0, 0.1) is 0 Å². The van der Waals surface area contributed by atoms with Gasteiger partial charge in [0.05, 0.1) is 6.61 Å². The van der Waals surface area contributed by atoms with E-state index < -0.39 is 0 Å². The molecule has 1 atom stereocenters. The van der Waals surface area contributed by atoms with Crippen molar-refractivity contribution in [3.8, 4) is 0 Å². The largest absolute Gasteiger partial charge is 0.461 e. The molecule has 134 valence electrons. The van der Waals surface area contributed by atoms with Crippen LogP contribution in [0.25, 0.3) is 0 Å². The number of nitrogens with zero attached hydrogens (tertiary/aromatic N) is 1. The molecule has 1 heterocycles. The standard InChI is InChI=1S/C21H22N2O2S/c1-2-25-20(24)19-15-26-21(23-19)22-14-18(17-11-7-4-8-12-17)13-16-9-5-3-6-10-16/h3-12,15,18H,2,13-14H2,1H3,(H,22,23).